The minimum atomic E-state index is 0.0568. The second kappa shape index (κ2) is 3.13. The van der Waals surface area contributed by atoms with Crippen LogP contribution < -0.4 is 0 Å². The van der Waals surface area contributed by atoms with Crippen LogP contribution in [0.4, 0.5) is 0 Å². The average molecular weight is 158 g/mol. The summed E-state index contributed by atoms with van der Waals surface area (Å²) in [5.41, 5.74) is 1.80. The van der Waals surface area contributed by atoms with Crippen LogP contribution in [0, 0.1) is 0 Å². The molecule has 0 saturated carbocycles. The van der Waals surface area contributed by atoms with Gasteiger partial charge >= 0.3 is 0 Å². The van der Waals surface area contributed by atoms with Crippen LogP contribution in [-0.4, -0.2) is 9.97 Å². The first-order valence-electron chi connectivity index (χ1n) is 4.21. The van der Waals surface area contributed by atoms with E-state index in [1.165, 1.54) is 0 Å². The highest BCUT2D eigenvalue weighted by atomic mass is 14.8. The molecular formula is C10H8N2. The van der Waals surface area contributed by atoms with Gasteiger partial charge in [0.2, 0.25) is 0 Å². The molecule has 0 amide bonds. The van der Waals surface area contributed by atoms with E-state index in [2.05, 4.69) is 9.97 Å². The van der Waals surface area contributed by atoms with Gasteiger partial charge in [-0.1, -0.05) is 30.3 Å². The maximum absolute atomic E-state index is 7.26. The molecule has 0 aliphatic rings. The summed E-state index contributed by atoms with van der Waals surface area (Å²) in [5, 5.41) is 0. The Hall–Kier alpha value is -1.70. The number of nitrogens with zero attached hydrogens (tertiary/aromatic N) is 2. The number of hydrogen-bond acceptors (Lipinski definition) is 2. The third kappa shape index (κ3) is 1.32. The van der Waals surface area contributed by atoms with Gasteiger partial charge in [0.25, 0.3) is 0 Å². The molecule has 2 aromatic rings. The molecule has 0 bridgehead atoms. The van der Waals surface area contributed by atoms with Gasteiger partial charge < -0.3 is 0 Å². The van der Waals surface area contributed by atoms with Crippen LogP contribution in [0.15, 0.2) is 48.9 Å². The van der Waals surface area contributed by atoms with Gasteiger partial charge in [-0.25, -0.2) is 9.97 Å². The molecule has 0 saturated heterocycles. The Morgan fingerprint density at radius 3 is 2.67 bits per heavy atom. The summed E-state index contributed by atoms with van der Waals surface area (Å²) < 4.78 is 7.26. The van der Waals surface area contributed by atoms with Crippen molar-refractivity contribution in [2.24, 2.45) is 0 Å². The van der Waals surface area contributed by atoms with Gasteiger partial charge in [-0.15, -0.1) is 0 Å². The van der Waals surface area contributed by atoms with Crippen molar-refractivity contribution in [1.29, 1.82) is 0 Å². The van der Waals surface area contributed by atoms with Crippen molar-refractivity contribution in [3.05, 3.63) is 48.9 Å². The van der Waals surface area contributed by atoms with Crippen LogP contribution in [0.3, 0.4) is 0 Å². The van der Waals surface area contributed by atoms with E-state index >= 15 is 0 Å². The summed E-state index contributed by atoms with van der Waals surface area (Å²) in [7, 11) is 0. The molecule has 0 radical (unpaired) electrons. The second-order valence-corrected chi connectivity index (χ2v) is 2.41. The first-order valence-corrected chi connectivity index (χ1v) is 3.71. The van der Waals surface area contributed by atoms with Crippen LogP contribution in [0.2, 0.25) is 0 Å². The molecule has 2 heteroatoms. The van der Waals surface area contributed by atoms with E-state index in [0.717, 1.165) is 11.3 Å². The summed E-state index contributed by atoms with van der Waals surface area (Å²) in [5.74, 6) is 0. The zero-order chi connectivity index (χ0) is 9.10. The van der Waals surface area contributed by atoms with E-state index in [4.69, 9.17) is 1.37 Å². The summed E-state index contributed by atoms with van der Waals surface area (Å²) in [6.45, 7) is 0. The number of aromatic nitrogens is 2. The van der Waals surface area contributed by atoms with E-state index < -0.39 is 0 Å². The molecule has 12 heavy (non-hydrogen) atoms. The van der Waals surface area contributed by atoms with E-state index in [1.807, 2.05) is 30.3 Å². The van der Waals surface area contributed by atoms with Crippen molar-refractivity contribution in [3.8, 4) is 11.3 Å². The summed E-state index contributed by atoms with van der Waals surface area (Å²) in [6, 6.07) is 11.6. The third-order valence-corrected chi connectivity index (χ3v) is 1.60. The lowest BCUT2D eigenvalue weighted by molar-refractivity contribution is 1.17. The van der Waals surface area contributed by atoms with Crippen LogP contribution in [0.5, 0.6) is 0 Å². The molecule has 2 nitrogen and oxygen atoms in total. The number of rotatable bonds is 1. The van der Waals surface area contributed by atoms with Crippen LogP contribution in [0.25, 0.3) is 11.3 Å². The minimum absolute atomic E-state index is 0.0568. The molecule has 1 aromatic heterocycles. The van der Waals surface area contributed by atoms with E-state index in [9.17, 15) is 0 Å². The van der Waals surface area contributed by atoms with E-state index in [-0.39, 0.29) is 6.30 Å². The second-order valence-electron chi connectivity index (χ2n) is 2.41. The molecule has 2 rings (SSSR count). The largest absolute Gasteiger partial charge is 0.245 e. The smallest absolute Gasteiger partial charge is 0.116 e. The summed E-state index contributed by atoms with van der Waals surface area (Å²) >= 11 is 0. The first kappa shape index (κ1) is 5.89. The topological polar surface area (TPSA) is 25.8 Å². The normalized spacial score (nSPS) is 10.8. The van der Waals surface area contributed by atoms with E-state index in [1.54, 1.807) is 12.3 Å². The standard InChI is InChI=1S/C10H8N2/c1-2-4-9(5-3-1)10-6-7-11-8-12-10/h1-8H/i8T. The van der Waals surface area contributed by atoms with Gasteiger partial charge in [0.05, 0.1) is 5.69 Å². The van der Waals surface area contributed by atoms with Gasteiger partial charge in [-0.05, 0) is 6.07 Å². The maximum atomic E-state index is 7.26. The fraction of sp³-hybridized carbons (Fsp3) is 0. The van der Waals surface area contributed by atoms with Gasteiger partial charge in [0.15, 0.2) is 0 Å². The molecule has 1 aromatic carbocycles. The molecule has 0 fully saturated rings. The lowest BCUT2D eigenvalue weighted by Gasteiger charge is -1.96. The Labute approximate surface area is 72.3 Å². The fourth-order valence-corrected chi connectivity index (χ4v) is 1.03. The lowest BCUT2D eigenvalue weighted by atomic mass is 10.1. The molecule has 0 N–H and O–H groups in total. The Bertz CT molecular complexity index is 401. The van der Waals surface area contributed by atoms with Crippen molar-refractivity contribution in [3.63, 3.8) is 0 Å². The fourth-order valence-electron chi connectivity index (χ4n) is 1.03. The molecule has 0 unspecified atom stereocenters. The van der Waals surface area contributed by atoms with Crippen LogP contribution in [-0.2, 0) is 0 Å². The number of benzene rings is 1. The Morgan fingerprint density at radius 2 is 1.92 bits per heavy atom. The molecule has 1 heterocycles. The summed E-state index contributed by atoms with van der Waals surface area (Å²) in [4.78, 5) is 7.72. The molecule has 0 aliphatic heterocycles. The highest BCUT2D eigenvalue weighted by molar-refractivity contribution is 5.57. The maximum Gasteiger partial charge on any atom is 0.116 e. The average Bonchev–Trinajstić information content (AvgIpc) is 2.19. The summed E-state index contributed by atoms with van der Waals surface area (Å²) in [6.07, 6.45) is 1.65. The van der Waals surface area contributed by atoms with Gasteiger partial charge in [-0.2, -0.15) is 0 Å². The third-order valence-electron chi connectivity index (χ3n) is 1.60. The highest BCUT2D eigenvalue weighted by Crippen LogP contribution is 2.13. The first-order chi connectivity index (χ1) is 6.36. The highest BCUT2D eigenvalue weighted by Gasteiger charge is 1.94. The van der Waals surface area contributed by atoms with Crippen LogP contribution in [0.1, 0.15) is 1.37 Å². The predicted octanol–water partition coefficient (Wildman–Crippen LogP) is 2.14. The van der Waals surface area contributed by atoms with Crippen molar-refractivity contribution < 1.29 is 1.37 Å². The Morgan fingerprint density at radius 1 is 1.08 bits per heavy atom. The van der Waals surface area contributed by atoms with Crippen LogP contribution >= 0.6 is 0 Å². The zero-order valence-corrected chi connectivity index (χ0v) is 6.44. The van der Waals surface area contributed by atoms with Gasteiger partial charge in [0.1, 0.15) is 7.67 Å². The molecule has 0 aliphatic carbocycles. The molecule has 0 atom stereocenters. The quantitative estimate of drug-likeness (QED) is 0.635. The minimum Gasteiger partial charge on any atom is -0.245 e. The van der Waals surface area contributed by atoms with E-state index in [0.29, 0.717) is 0 Å². The van der Waals surface area contributed by atoms with Gasteiger partial charge in [-0.3, -0.25) is 0 Å². The Balaban J connectivity index is 2.48. The van der Waals surface area contributed by atoms with Crippen molar-refractivity contribution in [2.75, 3.05) is 0 Å². The zero-order valence-electron chi connectivity index (χ0n) is 7.44. The molecule has 0 spiro atoms. The van der Waals surface area contributed by atoms with Crippen molar-refractivity contribution in [1.82, 2.24) is 9.97 Å². The monoisotopic (exact) mass is 158 g/mol. The number of hydrogen-bond donors (Lipinski definition) is 0. The lowest BCUT2D eigenvalue weighted by Crippen LogP contribution is -1.82. The van der Waals surface area contributed by atoms with Gasteiger partial charge in [0, 0.05) is 11.8 Å². The Kier molecular flexibility index (Phi) is 1.54. The predicted molar refractivity (Wildman–Crippen MR) is 47.5 cm³/mol. The van der Waals surface area contributed by atoms with Crippen molar-refractivity contribution >= 4 is 0 Å². The molecular weight excluding hydrogens is 148 g/mol. The molecule has 58 valence electrons. The van der Waals surface area contributed by atoms with Crippen molar-refractivity contribution in [2.45, 2.75) is 0 Å². The SMILES string of the molecule is [3H]c1nccc(-c2ccccc2)n1.